The number of ether oxygens (including phenoxy) is 1. The first kappa shape index (κ1) is 25.5. The van der Waals surface area contributed by atoms with Crippen LogP contribution in [0.2, 0.25) is 0 Å². The van der Waals surface area contributed by atoms with Crippen LogP contribution in [0.3, 0.4) is 0 Å². The van der Waals surface area contributed by atoms with E-state index in [9.17, 15) is 9.59 Å². The molecule has 2 heterocycles. The van der Waals surface area contributed by atoms with Crippen molar-refractivity contribution in [1.29, 1.82) is 0 Å². The third-order valence-corrected chi connectivity index (χ3v) is 5.60. The summed E-state index contributed by atoms with van der Waals surface area (Å²) in [6.07, 6.45) is 2.39. The zero-order valence-corrected chi connectivity index (χ0v) is 20.4. The highest BCUT2D eigenvalue weighted by Gasteiger charge is 2.14. The zero-order valence-electron chi connectivity index (χ0n) is 20.4. The second kappa shape index (κ2) is 12.4. The Morgan fingerprint density at radius 3 is 2.43 bits per heavy atom. The van der Waals surface area contributed by atoms with E-state index in [1.807, 2.05) is 18.2 Å². The Bertz CT molecular complexity index is 1290. The molecule has 0 aliphatic carbocycles. The van der Waals surface area contributed by atoms with Crippen molar-refractivity contribution in [2.45, 2.75) is 12.8 Å². The summed E-state index contributed by atoms with van der Waals surface area (Å²) in [4.78, 5) is 30.8. The van der Waals surface area contributed by atoms with Gasteiger partial charge in [0.15, 0.2) is 11.6 Å². The number of anilines is 2. The minimum Gasteiger partial charge on any atom is -0.459 e. The topological polar surface area (TPSA) is 134 Å². The van der Waals surface area contributed by atoms with Gasteiger partial charge in [-0.25, -0.2) is 4.98 Å². The van der Waals surface area contributed by atoms with Crippen LogP contribution in [-0.4, -0.2) is 47.9 Å². The summed E-state index contributed by atoms with van der Waals surface area (Å²) in [6.45, 7) is 6.60. The molecule has 0 saturated carbocycles. The summed E-state index contributed by atoms with van der Waals surface area (Å²) < 4.78 is 5.94. The van der Waals surface area contributed by atoms with Crippen molar-refractivity contribution in [2.75, 3.05) is 37.2 Å². The quantitative estimate of drug-likeness (QED) is 0.279. The number of para-hydroxylation sites is 1. The Hall–Kier alpha value is -4.57. The summed E-state index contributed by atoms with van der Waals surface area (Å²) in [7, 11) is 0. The minimum absolute atomic E-state index is 0.0895. The molecule has 0 radical (unpaired) electrons. The lowest BCUT2D eigenvalue weighted by Crippen LogP contribution is -2.33. The van der Waals surface area contributed by atoms with Crippen molar-refractivity contribution in [3.8, 4) is 5.75 Å². The molecule has 3 aromatic rings. The summed E-state index contributed by atoms with van der Waals surface area (Å²) in [5, 5.41) is 13.6. The van der Waals surface area contributed by atoms with Crippen LogP contribution in [0.15, 0.2) is 89.3 Å². The van der Waals surface area contributed by atoms with Crippen molar-refractivity contribution in [3.63, 3.8) is 0 Å². The number of likely N-dealkylation sites (tertiary alicyclic amines) is 1. The number of pyridine rings is 1. The molecule has 0 spiro atoms. The molecule has 10 heteroatoms. The van der Waals surface area contributed by atoms with Crippen molar-refractivity contribution in [1.82, 2.24) is 15.2 Å². The van der Waals surface area contributed by atoms with Crippen molar-refractivity contribution < 1.29 is 14.3 Å². The smallest absolute Gasteiger partial charge is 0.251 e. The van der Waals surface area contributed by atoms with Gasteiger partial charge in [-0.05, 0) is 62.3 Å². The molecular weight excluding hydrogens is 470 g/mol. The molecule has 4 rings (SSSR count). The van der Waals surface area contributed by atoms with Crippen LogP contribution in [0.25, 0.3) is 0 Å². The number of nitrogens with two attached hydrogens (primary N) is 1. The van der Waals surface area contributed by atoms with E-state index in [-0.39, 0.29) is 24.1 Å². The van der Waals surface area contributed by atoms with E-state index < -0.39 is 5.91 Å². The predicted molar refractivity (Wildman–Crippen MR) is 142 cm³/mol. The summed E-state index contributed by atoms with van der Waals surface area (Å²) in [5.74, 6) is 0.729. The summed E-state index contributed by atoms with van der Waals surface area (Å²) in [6, 6.07) is 19.1. The molecule has 0 bridgehead atoms. The number of nitrogen functional groups attached to an aromatic ring is 1. The molecule has 2 amide bonds. The average molecular weight is 500 g/mol. The molecule has 1 fully saturated rings. The maximum Gasteiger partial charge on any atom is 0.251 e. The molecule has 4 N–H and O–H groups in total. The van der Waals surface area contributed by atoms with Gasteiger partial charge in [-0.1, -0.05) is 36.9 Å². The van der Waals surface area contributed by atoms with Crippen LogP contribution in [0, 0.1) is 0 Å². The lowest BCUT2D eigenvalue weighted by Gasteiger charge is -2.17. The van der Waals surface area contributed by atoms with Crippen LogP contribution in [0.5, 0.6) is 5.75 Å². The first-order valence-corrected chi connectivity index (χ1v) is 12.0. The Balaban J connectivity index is 1.33. The monoisotopic (exact) mass is 499 g/mol. The number of carbonyl (C=O) groups is 2. The number of aromatic nitrogens is 1. The minimum atomic E-state index is -0.439. The largest absolute Gasteiger partial charge is 0.459 e. The number of benzene rings is 2. The molecule has 190 valence electrons. The van der Waals surface area contributed by atoms with Crippen LogP contribution in [-0.2, 0) is 4.79 Å². The second-order valence-electron chi connectivity index (χ2n) is 8.49. The van der Waals surface area contributed by atoms with Crippen LogP contribution in [0.1, 0.15) is 23.2 Å². The maximum atomic E-state index is 12.2. The molecule has 1 saturated heterocycles. The Labute approximate surface area is 215 Å². The number of carbonyl (C=O) groups excluding carboxylic acids is 2. The molecule has 37 heavy (non-hydrogen) atoms. The summed E-state index contributed by atoms with van der Waals surface area (Å²) >= 11 is 0. The molecule has 0 atom stereocenters. The van der Waals surface area contributed by atoms with Gasteiger partial charge in [0, 0.05) is 5.56 Å². The number of azo groups is 1. The number of hydrogen-bond donors (Lipinski definition) is 3. The van der Waals surface area contributed by atoms with E-state index in [1.165, 1.54) is 12.8 Å². The highest BCUT2D eigenvalue weighted by Crippen LogP contribution is 2.31. The van der Waals surface area contributed by atoms with E-state index >= 15 is 0 Å². The van der Waals surface area contributed by atoms with Crippen molar-refractivity contribution in [2.24, 2.45) is 10.2 Å². The SMILES string of the molecule is C=C(CN1CCCC1)Oc1ccccc1/N=N/c1ccc(NC(=O)CNC(=O)c2ccccc2)nc1N. The van der Waals surface area contributed by atoms with Gasteiger partial charge in [0.25, 0.3) is 5.91 Å². The molecule has 0 unspecified atom stereocenters. The highest BCUT2D eigenvalue weighted by molar-refractivity contribution is 5.99. The third-order valence-electron chi connectivity index (χ3n) is 5.60. The van der Waals surface area contributed by atoms with E-state index in [0.29, 0.717) is 35.0 Å². The molecule has 10 nitrogen and oxygen atoms in total. The maximum absolute atomic E-state index is 12.2. The van der Waals surface area contributed by atoms with Crippen LogP contribution >= 0.6 is 0 Å². The van der Waals surface area contributed by atoms with Gasteiger partial charge in [-0.15, -0.1) is 10.2 Å². The fourth-order valence-corrected chi connectivity index (χ4v) is 3.77. The van der Waals surface area contributed by atoms with Gasteiger partial charge in [0.2, 0.25) is 5.91 Å². The van der Waals surface area contributed by atoms with E-state index in [1.54, 1.807) is 48.5 Å². The molecule has 1 aliphatic heterocycles. The number of nitrogens with one attached hydrogen (secondary N) is 2. The predicted octanol–water partition coefficient (Wildman–Crippen LogP) is 4.44. The molecule has 2 aromatic carbocycles. The van der Waals surface area contributed by atoms with Gasteiger partial charge in [0.05, 0.1) is 13.1 Å². The van der Waals surface area contributed by atoms with E-state index in [0.717, 1.165) is 13.1 Å². The number of hydrogen-bond acceptors (Lipinski definition) is 8. The zero-order chi connectivity index (χ0) is 26.0. The van der Waals surface area contributed by atoms with Gasteiger partial charge in [0.1, 0.15) is 23.0 Å². The number of nitrogens with zero attached hydrogens (tertiary/aromatic N) is 4. The second-order valence-corrected chi connectivity index (χ2v) is 8.49. The number of amides is 2. The molecule has 1 aromatic heterocycles. The van der Waals surface area contributed by atoms with Crippen LogP contribution < -0.4 is 21.1 Å². The van der Waals surface area contributed by atoms with Gasteiger partial charge in [-0.3, -0.25) is 14.5 Å². The normalized spacial score (nSPS) is 13.4. The Morgan fingerprint density at radius 2 is 1.68 bits per heavy atom. The molecule has 1 aliphatic rings. The fraction of sp³-hybridized carbons (Fsp3) is 0.222. The van der Waals surface area contributed by atoms with E-state index in [4.69, 9.17) is 10.5 Å². The van der Waals surface area contributed by atoms with Crippen molar-refractivity contribution in [3.05, 3.63) is 84.6 Å². The standard InChI is InChI=1S/C27H29N7O3/c1-19(18-34-15-7-8-16-34)37-23-12-6-5-11-21(23)32-33-22-13-14-24(31-26(22)28)30-25(35)17-29-27(36)20-9-3-2-4-10-20/h2-6,9-14H,1,7-8,15-18H2,(H,29,36)(H3,28,30,31,35)/b33-32+. The average Bonchev–Trinajstić information content (AvgIpc) is 3.41. The van der Waals surface area contributed by atoms with Gasteiger partial charge < -0.3 is 21.1 Å². The lowest BCUT2D eigenvalue weighted by atomic mass is 10.2. The fourth-order valence-electron chi connectivity index (χ4n) is 3.77. The van der Waals surface area contributed by atoms with Crippen LogP contribution in [0.4, 0.5) is 23.0 Å². The first-order valence-electron chi connectivity index (χ1n) is 12.0. The summed E-state index contributed by atoms with van der Waals surface area (Å²) in [5.41, 5.74) is 7.36. The molecular formula is C27H29N7O3. The van der Waals surface area contributed by atoms with Gasteiger partial charge >= 0.3 is 0 Å². The Morgan fingerprint density at radius 1 is 0.973 bits per heavy atom. The van der Waals surface area contributed by atoms with Crippen molar-refractivity contribution >= 4 is 34.8 Å². The third kappa shape index (κ3) is 7.45. The lowest BCUT2D eigenvalue weighted by molar-refractivity contribution is -0.115. The van der Waals surface area contributed by atoms with Gasteiger partial charge in [-0.2, -0.15) is 0 Å². The highest BCUT2D eigenvalue weighted by atomic mass is 16.5. The first-order chi connectivity index (χ1) is 18.0. The Kier molecular flexibility index (Phi) is 8.56. The van der Waals surface area contributed by atoms with E-state index in [2.05, 4.69) is 37.3 Å². The number of rotatable bonds is 10.